The van der Waals surface area contributed by atoms with Crippen LogP contribution in [0.25, 0.3) is 10.8 Å². The summed E-state index contributed by atoms with van der Waals surface area (Å²) < 4.78 is 0. The second-order valence-corrected chi connectivity index (χ2v) is 5.78. The Bertz CT molecular complexity index is 828. The van der Waals surface area contributed by atoms with Crippen molar-refractivity contribution < 1.29 is 4.92 Å². The number of benzene rings is 3. The maximum absolute atomic E-state index is 10.7. The third-order valence-electron chi connectivity index (χ3n) is 3.87. The normalized spacial score (nSPS) is 11.0. The lowest BCUT2D eigenvalue weighted by Crippen LogP contribution is -2.17. The van der Waals surface area contributed by atoms with E-state index < -0.39 is 0 Å². The summed E-state index contributed by atoms with van der Waals surface area (Å²) >= 11 is 0. The molecule has 0 saturated carbocycles. The number of non-ortho nitro benzene ring substituents is 1. The van der Waals surface area contributed by atoms with E-state index in [0.29, 0.717) is 0 Å². The molecule has 0 amide bonds. The summed E-state index contributed by atoms with van der Waals surface area (Å²) in [5.74, 6) is 0. The summed E-state index contributed by atoms with van der Waals surface area (Å²) in [6.07, 6.45) is 0. The van der Waals surface area contributed by atoms with Gasteiger partial charge in [0.25, 0.3) is 5.69 Å². The lowest BCUT2D eigenvalue weighted by atomic mass is 10.1. The van der Waals surface area contributed by atoms with E-state index in [-0.39, 0.29) is 10.6 Å². The van der Waals surface area contributed by atoms with Crippen molar-refractivity contribution in [2.75, 3.05) is 7.05 Å². The van der Waals surface area contributed by atoms with Crippen LogP contribution in [0.3, 0.4) is 0 Å². The second-order valence-electron chi connectivity index (χ2n) is 5.78. The largest absolute Gasteiger partial charge is 0.298 e. The van der Waals surface area contributed by atoms with Crippen molar-refractivity contribution in [3.63, 3.8) is 0 Å². The van der Waals surface area contributed by atoms with Gasteiger partial charge in [-0.05, 0) is 35.0 Å². The van der Waals surface area contributed by atoms with Crippen LogP contribution in [0.5, 0.6) is 0 Å². The zero-order chi connectivity index (χ0) is 16.2. The van der Waals surface area contributed by atoms with E-state index in [0.717, 1.165) is 18.7 Å². The molecule has 0 saturated heterocycles. The molecule has 0 heterocycles. The van der Waals surface area contributed by atoms with Crippen LogP contribution in [0.15, 0.2) is 66.7 Å². The van der Waals surface area contributed by atoms with Crippen LogP contribution in [0.4, 0.5) is 5.69 Å². The highest BCUT2D eigenvalue weighted by Crippen LogP contribution is 2.18. The van der Waals surface area contributed by atoms with Crippen molar-refractivity contribution in [2.45, 2.75) is 13.1 Å². The van der Waals surface area contributed by atoms with E-state index in [9.17, 15) is 10.1 Å². The summed E-state index contributed by atoms with van der Waals surface area (Å²) in [5.41, 5.74) is 2.46. The SMILES string of the molecule is CN(Cc1ccc([N+](=O)[O-])cc1)Cc1ccc2ccccc2c1. The minimum Gasteiger partial charge on any atom is -0.298 e. The van der Waals surface area contributed by atoms with Gasteiger partial charge in [-0.15, -0.1) is 0 Å². The molecule has 0 aliphatic rings. The van der Waals surface area contributed by atoms with Crippen LogP contribution in [-0.4, -0.2) is 16.9 Å². The molecule has 3 rings (SSSR count). The fraction of sp³-hybridized carbons (Fsp3) is 0.158. The van der Waals surface area contributed by atoms with Crippen LogP contribution in [0, 0.1) is 10.1 Å². The molecule has 0 radical (unpaired) electrons. The standard InChI is InChI=1S/C19H18N2O2/c1-20(13-15-7-10-19(11-8-15)21(22)23)14-16-6-9-17-4-2-3-5-18(17)12-16/h2-12H,13-14H2,1H3. The highest BCUT2D eigenvalue weighted by Gasteiger charge is 2.06. The lowest BCUT2D eigenvalue weighted by Gasteiger charge is -2.17. The highest BCUT2D eigenvalue weighted by molar-refractivity contribution is 5.82. The van der Waals surface area contributed by atoms with Gasteiger partial charge in [-0.3, -0.25) is 15.0 Å². The molecule has 0 spiro atoms. The molecule has 23 heavy (non-hydrogen) atoms. The first kappa shape index (κ1) is 15.2. The zero-order valence-corrected chi connectivity index (χ0v) is 13.0. The Hall–Kier alpha value is -2.72. The number of fused-ring (bicyclic) bond motifs is 1. The Labute approximate surface area is 135 Å². The average Bonchev–Trinajstić information content (AvgIpc) is 2.55. The van der Waals surface area contributed by atoms with Gasteiger partial charge in [0.1, 0.15) is 0 Å². The van der Waals surface area contributed by atoms with Crippen LogP contribution >= 0.6 is 0 Å². The van der Waals surface area contributed by atoms with E-state index in [1.54, 1.807) is 12.1 Å². The molecular weight excluding hydrogens is 288 g/mol. The van der Waals surface area contributed by atoms with E-state index in [4.69, 9.17) is 0 Å². The summed E-state index contributed by atoms with van der Waals surface area (Å²) in [6, 6.07) is 21.6. The van der Waals surface area contributed by atoms with Crippen molar-refractivity contribution in [3.8, 4) is 0 Å². The second kappa shape index (κ2) is 6.58. The Morgan fingerprint density at radius 3 is 2.17 bits per heavy atom. The lowest BCUT2D eigenvalue weighted by molar-refractivity contribution is -0.384. The molecule has 3 aromatic rings. The Morgan fingerprint density at radius 1 is 0.870 bits per heavy atom. The quantitative estimate of drug-likeness (QED) is 0.519. The fourth-order valence-electron chi connectivity index (χ4n) is 2.74. The Kier molecular flexibility index (Phi) is 4.35. The molecule has 0 aromatic heterocycles. The summed E-state index contributed by atoms with van der Waals surface area (Å²) in [4.78, 5) is 12.5. The average molecular weight is 306 g/mol. The van der Waals surface area contributed by atoms with Gasteiger partial charge in [0.2, 0.25) is 0 Å². The van der Waals surface area contributed by atoms with Crippen LogP contribution in [0.2, 0.25) is 0 Å². The molecule has 0 atom stereocenters. The van der Waals surface area contributed by atoms with Crippen molar-refractivity contribution in [3.05, 3.63) is 88.0 Å². The van der Waals surface area contributed by atoms with Crippen LogP contribution in [0.1, 0.15) is 11.1 Å². The molecule has 0 bridgehead atoms. The minimum atomic E-state index is -0.372. The molecule has 3 aromatic carbocycles. The number of nitro benzene ring substituents is 1. The van der Waals surface area contributed by atoms with E-state index in [1.165, 1.54) is 16.3 Å². The van der Waals surface area contributed by atoms with Gasteiger partial charge in [-0.2, -0.15) is 0 Å². The fourth-order valence-corrected chi connectivity index (χ4v) is 2.74. The number of hydrogen-bond donors (Lipinski definition) is 0. The zero-order valence-electron chi connectivity index (χ0n) is 13.0. The van der Waals surface area contributed by atoms with Crippen molar-refractivity contribution >= 4 is 16.5 Å². The minimum absolute atomic E-state index is 0.130. The number of hydrogen-bond acceptors (Lipinski definition) is 3. The third kappa shape index (κ3) is 3.73. The van der Waals surface area contributed by atoms with Crippen LogP contribution < -0.4 is 0 Å². The maximum atomic E-state index is 10.7. The number of rotatable bonds is 5. The Morgan fingerprint density at radius 2 is 1.48 bits per heavy atom. The molecule has 0 N–H and O–H groups in total. The third-order valence-corrected chi connectivity index (χ3v) is 3.87. The smallest absolute Gasteiger partial charge is 0.269 e. The number of nitro groups is 1. The molecule has 4 nitrogen and oxygen atoms in total. The first-order valence-electron chi connectivity index (χ1n) is 7.51. The summed E-state index contributed by atoms with van der Waals surface area (Å²) in [7, 11) is 2.05. The molecular formula is C19H18N2O2. The highest BCUT2D eigenvalue weighted by atomic mass is 16.6. The molecule has 116 valence electrons. The molecule has 4 heteroatoms. The van der Waals surface area contributed by atoms with E-state index >= 15 is 0 Å². The van der Waals surface area contributed by atoms with Gasteiger partial charge in [0.05, 0.1) is 4.92 Å². The monoisotopic (exact) mass is 306 g/mol. The van der Waals surface area contributed by atoms with Crippen LogP contribution in [-0.2, 0) is 13.1 Å². The summed E-state index contributed by atoms with van der Waals surface area (Å²) in [6.45, 7) is 1.59. The van der Waals surface area contributed by atoms with Gasteiger partial charge in [0, 0.05) is 25.2 Å². The van der Waals surface area contributed by atoms with Gasteiger partial charge < -0.3 is 0 Å². The Balaban J connectivity index is 1.67. The molecule has 0 aliphatic carbocycles. The van der Waals surface area contributed by atoms with E-state index in [1.807, 2.05) is 24.3 Å². The summed E-state index contributed by atoms with van der Waals surface area (Å²) in [5, 5.41) is 13.2. The van der Waals surface area contributed by atoms with Crippen molar-refractivity contribution in [1.29, 1.82) is 0 Å². The van der Waals surface area contributed by atoms with Gasteiger partial charge in [-0.1, -0.05) is 48.5 Å². The first-order chi connectivity index (χ1) is 11.1. The molecule has 0 fully saturated rings. The number of nitrogens with zero attached hydrogens (tertiary/aromatic N) is 2. The first-order valence-corrected chi connectivity index (χ1v) is 7.51. The predicted octanol–water partition coefficient (Wildman–Crippen LogP) is 4.38. The van der Waals surface area contributed by atoms with Gasteiger partial charge in [-0.25, -0.2) is 0 Å². The predicted molar refractivity (Wildman–Crippen MR) is 92.2 cm³/mol. The van der Waals surface area contributed by atoms with Gasteiger partial charge >= 0.3 is 0 Å². The van der Waals surface area contributed by atoms with Crippen molar-refractivity contribution in [2.24, 2.45) is 0 Å². The molecule has 0 aliphatic heterocycles. The molecule has 0 unspecified atom stereocenters. The van der Waals surface area contributed by atoms with Crippen molar-refractivity contribution in [1.82, 2.24) is 4.90 Å². The van der Waals surface area contributed by atoms with Gasteiger partial charge in [0.15, 0.2) is 0 Å². The van der Waals surface area contributed by atoms with E-state index in [2.05, 4.69) is 42.3 Å². The topological polar surface area (TPSA) is 46.4 Å². The maximum Gasteiger partial charge on any atom is 0.269 e.